The van der Waals surface area contributed by atoms with Crippen LogP contribution in [0.5, 0.6) is 11.5 Å². The van der Waals surface area contributed by atoms with Gasteiger partial charge in [0.1, 0.15) is 11.5 Å². The maximum atomic E-state index is 13.8. The highest BCUT2D eigenvalue weighted by Crippen LogP contribution is 2.47. The van der Waals surface area contributed by atoms with E-state index in [1.807, 2.05) is 0 Å². The number of alkyl halides is 6. The van der Waals surface area contributed by atoms with Crippen LogP contribution in [0.4, 0.5) is 32.0 Å². The molecule has 1 atom stereocenters. The summed E-state index contributed by atoms with van der Waals surface area (Å²) in [5.74, 6) is -4.84. The summed E-state index contributed by atoms with van der Waals surface area (Å²) < 4.78 is 82.9. The standard InChI is InChI=1S/C17H15F6NO/c1-9-7-11(15(18)16(19,20)17(21,22)23)8-10(2)14(9)25-13-5-3-12(24)4-6-13/h3-8,15H,24H2,1-2H3. The van der Waals surface area contributed by atoms with Crippen LogP contribution in [0.25, 0.3) is 0 Å². The van der Waals surface area contributed by atoms with Crippen LogP contribution in [-0.4, -0.2) is 12.1 Å². The van der Waals surface area contributed by atoms with Gasteiger partial charge in [-0.15, -0.1) is 0 Å². The fraction of sp³-hybridized carbons (Fsp3) is 0.294. The summed E-state index contributed by atoms with van der Waals surface area (Å²) in [7, 11) is 0. The van der Waals surface area contributed by atoms with E-state index in [9.17, 15) is 26.3 Å². The summed E-state index contributed by atoms with van der Waals surface area (Å²) in [4.78, 5) is 0. The van der Waals surface area contributed by atoms with E-state index >= 15 is 0 Å². The predicted molar refractivity (Wildman–Crippen MR) is 81.7 cm³/mol. The number of benzene rings is 2. The first-order chi connectivity index (χ1) is 11.4. The van der Waals surface area contributed by atoms with E-state index in [1.54, 1.807) is 24.3 Å². The molecule has 25 heavy (non-hydrogen) atoms. The Kier molecular flexibility index (Phi) is 4.92. The van der Waals surface area contributed by atoms with E-state index in [4.69, 9.17) is 10.5 Å². The zero-order valence-corrected chi connectivity index (χ0v) is 13.3. The minimum Gasteiger partial charge on any atom is -0.457 e. The zero-order valence-electron chi connectivity index (χ0n) is 13.3. The average molecular weight is 363 g/mol. The Morgan fingerprint density at radius 1 is 0.920 bits per heavy atom. The Morgan fingerprint density at radius 2 is 1.40 bits per heavy atom. The third-order valence-electron chi connectivity index (χ3n) is 3.57. The van der Waals surface area contributed by atoms with E-state index < -0.39 is 23.8 Å². The molecule has 2 aromatic rings. The molecule has 2 aromatic carbocycles. The molecule has 0 saturated carbocycles. The van der Waals surface area contributed by atoms with Crippen LogP contribution in [0.3, 0.4) is 0 Å². The zero-order chi connectivity index (χ0) is 19.0. The lowest BCUT2D eigenvalue weighted by molar-refractivity contribution is -0.305. The SMILES string of the molecule is Cc1cc(C(F)C(F)(F)C(F)(F)F)cc(C)c1Oc1ccc(N)cc1. The van der Waals surface area contributed by atoms with Gasteiger partial charge in [0.25, 0.3) is 0 Å². The number of nitrogens with two attached hydrogens (primary N) is 1. The molecule has 0 aliphatic carbocycles. The number of hydrogen-bond donors (Lipinski definition) is 1. The maximum Gasteiger partial charge on any atom is 0.456 e. The molecule has 2 N–H and O–H groups in total. The Hall–Kier alpha value is -2.38. The summed E-state index contributed by atoms with van der Waals surface area (Å²) >= 11 is 0. The largest absolute Gasteiger partial charge is 0.457 e. The van der Waals surface area contributed by atoms with Gasteiger partial charge in [-0.3, -0.25) is 0 Å². The van der Waals surface area contributed by atoms with Crippen LogP contribution in [0.15, 0.2) is 36.4 Å². The van der Waals surface area contributed by atoms with E-state index in [0.717, 1.165) is 12.1 Å². The predicted octanol–water partition coefficient (Wildman–Crippen LogP) is 5.89. The van der Waals surface area contributed by atoms with E-state index in [2.05, 4.69) is 0 Å². The first-order valence-corrected chi connectivity index (χ1v) is 7.16. The van der Waals surface area contributed by atoms with Crippen molar-refractivity contribution >= 4 is 5.69 Å². The second kappa shape index (κ2) is 6.50. The first-order valence-electron chi connectivity index (χ1n) is 7.16. The van der Waals surface area contributed by atoms with Gasteiger partial charge in [0.15, 0.2) is 6.17 Å². The van der Waals surface area contributed by atoms with Crippen molar-refractivity contribution in [2.75, 3.05) is 5.73 Å². The lowest BCUT2D eigenvalue weighted by atomic mass is 9.99. The number of anilines is 1. The third kappa shape index (κ3) is 3.83. The minimum absolute atomic E-state index is 0.229. The molecule has 0 bridgehead atoms. The first kappa shape index (κ1) is 19.0. The number of halogens is 6. The Balaban J connectivity index is 2.35. The average Bonchev–Trinajstić information content (AvgIpc) is 2.50. The van der Waals surface area contributed by atoms with Crippen molar-refractivity contribution < 1.29 is 31.1 Å². The number of aryl methyl sites for hydroxylation is 2. The molecule has 2 nitrogen and oxygen atoms in total. The Bertz CT molecular complexity index is 732. The molecule has 2 rings (SSSR count). The van der Waals surface area contributed by atoms with Gasteiger partial charge < -0.3 is 10.5 Å². The fourth-order valence-electron chi connectivity index (χ4n) is 2.30. The van der Waals surface area contributed by atoms with Crippen LogP contribution < -0.4 is 10.5 Å². The maximum absolute atomic E-state index is 13.8. The number of rotatable bonds is 4. The monoisotopic (exact) mass is 363 g/mol. The van der Waals surface area contributed by atoms with Gasteiger partial charge >= 0.3 is 12.1 Å². The van der Waals surface area contributed by atoms with Gasteiger partial charge in [-0.2, -0.15) is 22.0 Å². The van der Waals surface area contributed by atoms with Crippen LogP contribution in [-0.2, 0) is 0 Å². The van der Waals surface area contributed by atoms with Crippen molar-refractivity contribution in [3.63, 3.8) is 0 Å². The van der Waals surface area contributed by atoms with Crippen LogP contribution >= 0.6 is 0 Å². The molecule has 1 unspecified atom stereocenters. The molecule has 0 aliphatic rings. The third-order valence-corrected chi connectivity index (χ3v) is 3.57. The molecular formula is C17H15F6NO. The Morgan fingerprint density at radius 3 is 1.84 bits per heavy atom. The molecule has 0 radical (unpaired) electrons. The smallest absolute Gasteiger partial charge is 0.456 e. The van der Waals surface area contributed by atoms with Crippen molar-refractivity contribution in [2.24, 2.45) is 0 Å². The normalized spacial score (nSPS) is 13.6. The van der Waals surface area contributed by atoms with Gasteiger partial charge in [0, 0.05) is 5.69 Å². The van der Waals surface area contributed by atoms with Crippen molar-refractivity contribution in [1.82, 2.24) is 0 Å². The molecule has 8 heteroatoms. The minimum atomic E-state index is -5.98. The van der Waals surface area contributed by atoms with Crippen LogP contribution in [0, 0.1) is 13.8 Å². The molecule has 0 aliphatic heterocycles. The van der Waals surface area contributed by atoms with Gasteiger partial charge in [0.05, 0.1) is 0 Å². The second-order valence-electron chi connectivity index (χ2n) is 5.64. The van der Waals surface area contributed by atoms with Crippen molar-refractivity contribution in [2.45, 2.75) is 32.1 Å². The molecule has 0 amide bonds. The molecule has 0 aromatic heterocycles. The molecule has 136 valence electrons. The molecule has 0 heterocycles. The number of nitrogen functional groups attached to an aromatic ring is 1. The van der Waals surface area contributed by atoms with Crippen LogP contribution in [0.1, 0.15) is 22.9 Å². The summed E-state index contributed by atoms with van der Waals surface area (Å²) in [6.07, 6.45) is -9.48. The molecule has 0 fully saturated rings. The number of ether oxygens (including phenoxy) is 1. The second-order valence-corrected chi connectivity index (χ2v) is 5.64. The molecule has 0 saturated heterocycles. The summed E-state index contributed by atoms with van der Waals surface area (Å²) in [5, 5.41) is 0. The highest BCUT2D eigenvalue weighted by Gasteiger charge is 2.63. The van der Waals surface area contributed by atoms with Gasteiger partial charge in [-0.25, -0.2) is 4.39 Å². The van der Waals surface area contributed by atoms with Crippen LogP contribution in [0.2, 0.25) is 0 Å². The summed E-state index contributed by atoms with van der Waals surface area (Å²) in [6.45, 7) is 2.86. The van der Waals surface area contributed by atoms with Gasteiger partial charge in [-0.1, -0.05) is 0 Å². The Labute approximate surface area is 140 Å². The summed E-state index contributed by atoms with van der Waals surface area (Å²) in [6, 6.07) is 8.13. The van der Waals surface area contributed by atoms with Crippen molar-refractivity contribution in [3.05, 3.63) is 53.1 Å². The van der Waals surface area contributed by atoms with Crippen molar-refractivity contribution in [3.8, 4) is 11.5 Å². The van der Waals surface area contributed by atoms with E-state index in [0.29, 0.717) is 11.4 Å². The molecule has 0 spiro atoms. The molecular weight excluding hydrogens is 348 g/mol. The lowest BCUT2D eigenvalue weighted by Crippen LogP contribution is -2.40. The van der Waals surface area contributed by atoms with Crippen molar-refractivity contribution in [1.29, 1.82) is 0 Å². The fourth-order valence-corrected chi connectivity index (χ4v) is 2.30. The lowest BCUT2D eigenvalue weighted by Gasteiger charge is -2.24. The van der Waals surface area contributed by atoms with E-state index in [1.165, 1.54) is 13.8 Å². The van der Waals surface area contributed by atoms with Gasteiger partial charge in [-0.05, 0) is 66.9 Å². The summed E-state index contributed by atoms with van der Waals surface area (Å²) in [5.41, 5.74) is 5.75. The highest BCUT2D eigenvalue weighted by molar-refractivity contribution is 5.48. The highest BCUT2D eigenvalue weighted by atomic mass is 19.4. The van der Waals surface area contributed by atoms with E-state index in [-0.39, 0.29) is 16.9 Å². The topological polar surface area (TPSA) is 35.2 Å². The number of hydrogen-bond acceptors (Lipinski definition) is 2. The van der Waals surface area contributed by atoms with Gasteiger partial charge in [0.2, 0.25) is 0 Å². The quantitative estimate of drug-likeness (QED) is 0.543.